The SMILES string of the molecule is C=CCNCC(C)Sc1nncn1C. The smallest absolute Gasteiger partial charge is 0.191 e. The molecule has 0 fully saturated rings. The maximum atomic E-state index is 4.01. The minimum Gasteiger partial charge on any atom is -0.312 e. The molecule has 1 rings (SSSR count). The molecule has 14 heavy (non-hydrogen) atoms. The van der Waals surface area contributed by atoms with Crippen LogP contribution >= 0.6 is 11.8 Å². The van der Waals surface area contributed by atoms with E-state index in [0.29, 0.717) is 5.25 Å². The summed E-state index contributed by atoms with van der Waals surface area (Å²) in [5.74, 6) is 0. The number of hydrogen-bond acceptors (Lipinski definition) is 4. The first-order valence-electron chi connectivity index (χ1n) is 4.56. The molecular weight excluding hydrogens is 196 g/mol. The van der Waals surface area contributed by atoms with Crippen molar-refractivity contribution in [1.82, 2.24) is 20.1 Å². The lowest BCUT2D eigenvalue weighted by molar-refractivity contribution is 0.730. The number of aromatic nitrogens is 3. The number of nitrogens with one attached hydrogen (secondary N) is 1. The maximum Gasteiger partial charge on any atom is 0.191 e. The van der Waals surface area contributed by atoms with Gasteiger partial charge in [-0.1, -0.05) is 24.8 Å². The summed E-state index contributed by atoms with van der Waals surface area (Å²) in [5.41, 5.74) is 0. The number of thioether (sulfide) groups is 1. The Labute approximate surface area is 88.8 Å². The van der Waals surface area contributed by atoms with E-state index in [1.54, 1.807) is 18.1 Å². The van der Waals surface area contributed by atoms with Gasteiger partial charge in [-0.05, 0) is 0 Å². The van der Waals surface area contributed by atoms with Gasteiger partial charge in [0.1, 0.15) is 6.33 Å². The van der Waals surface area contributed by atoms with Crippen molar-refractivity contribution in [3.05, 3.63) is 19.0 Å². The van der Waals surface area contributed by atoms with E-state index in [0.717, 1.165) is 18.2 Å². The zero-order valence-electron chi connectivity index (χ0n) is 8.60. The molecule has 0 amide bonds. The molecule has 1 aromatic rings. The van der Waals surface area contributed by atoms with Gasteiger partial charge in [-0.15, -0.1) is 16.8 Å². The summed E-state index contributed by atoms with van der Waals surface area (Å²) in [4.78, 5) is 0. The highest BCUT2D eigenvalue weighted by Crippen LogP contribution is 2.18. The molecule has 1 heterocycles. The molecule has 0 bridgehead atoms. The lowest BCUT2D eigenvalue weighted by Gasteiger charge is -2.09. The van der Waals surface area contributed by atoms with Crippen LogP contribution in [0, 0.1) is 0 Å². The fourth-order valence-corrected chi connectivity index (χ4v) is 1.86. The van der Waals surface area contributed by atoms with Crippen LogP contribution in [-0.2, 0) is 7.05 Å². The molecule has 0 aliphatic carbocycles. The van der Waals surface area contributed by atoms with Crippen LogP contribution < -0.4 is 5.32 Å². The van der Waals surface area contributed by atoms with E-state index in [4.69, 9.17) is 0 Å². The number of aryl methyl sites for hydroxylation is 1. The predicted molar refractivity (Wildman–Crippen MR) is 59.4 cm³/mol. The standard InChI is InChI=1S/C9H16N4S/c1-4-5-10-6-8(2)14-9-12-11-7-13(9)3/h4,7-8,10H,1,5-6H2,2-3H3. The molecule has 0 saturated carbocycles. The van der Waals surface area contributed by atoms with Gasteiger partial charge < -0.3 is 9.88 Å². The lowest BCUT2D eigenvalue weighted by Crippen LogP contribution is -2.22. The average molecular weight is 212 g/mol. The Bertz CT molecular complexity index is 284. The monoisotopic (exact) mass is 212 g/mol. The summed E-state index contributed by atoms with van der Waals surface area (Å²) in [5, 5.41) is 12.5. The molecule has 1 unspecified atom stereocenters. The molecular formula is C9H16N4S. The Kier molecular flexibility index (Phi) is 4.69. The zero-order chi connectivity index (χ0) is 10.4. The van der Waals surface area contributed by atoms with Crippen molar-refractivity contribution >= 4 is 11.8 Å². The molecule has 0 aliphatic heterocycles. The first-order valence-corrected chi connectivity index (χ1v) is 5.44. The summed E-state index contributed by atoms with van der Waals surface area (Å²) >= 11 is 1.72. The number of rotatable bonds is 6. The van der Waals surface area contributed by atoms with Gasteiger partial charge >= 0.3 is 0 Å². The summed E-state index contributed by atoms with van der Waals surface area (Å²) < 4.78 is 1.93. The summed E-state index contributed by atoms with van der Waals surface area (Å²) in [6, 6.07) is 0. The van der Waals surface area contributed by atoms with Crippen LogP contribution in [0.1, 0.15) is 6.92 Å². The fourth-order valence-electron chi connectivity index (χ4n) is 0.990. The molecule has 0 spiro atoms. The minimum absolute atomic E-state index is 0.484. The summed E-state index contributed by atoms with van der Waals surface area (Å²) in [6.07, 6.45) is 3.58. The Morgan fingerprint density at radius 2 is 2.57 bits per heavy atom. The average Bonchev–Trinajstić information content (AvgIpc) is 2.52. The molecule has 1 N–H and O–H groups in total. The van der Waals surface area contributed by atoms with E-state index in [-0.39, 0.29) is 0 Å². The third kappa shape index (κ3) is 3.51. The first-order chi connectivity index (χ1) is 6.74. The van der Waals surface area contributed by atoms with Crippen LogP contribution in [0.5, 0.6) is 0 Å². The molecule has 1 aromatic heterocycles. The molecule has 0 radical (unpaired) electrons. The van der Waals surface area contributed by atoms with Crippen LogP contribution in [0.15, 0.2) is 24.1 Å². The Morgan fingerprint density at radius 1 is 1.79 bits per heavy atom. The van der Waals surface area contributed by atoms with Gasteiger partial charge in [0.2, 0.25) is 0 Å². The molecule has 78 valence electrons. The first kappa shape index (κ1) is 11.3. The fraction of sp³-hybridized carbons (Fsp3) is 0.556. The van der Waals surface area contributed by atoms with Gasteiger partial charge in [0.15, 0.2) is 5.16 Å². The Balaban J connectivity index is 2.30. The molecule has 0 aliphatic rings. The van der Waals surface area contributed by atoms with E-state index >= 15 is 0 Å². The van der Waals surface area contributed by atoms with Crippen LogP contribution in [0.3, 0.4) is 0 Å². The molecule has 1 atom stereocenters. The van der Waals surface area contributed by atoms with E-state index in [2.05, 4.69) is 29.0 Å². The third-order valence-electron chi connectivity index (χ3n) is 1.70. The van der Waals surface area contributed by atoms with E-state index in [1.165, 1.54) is 0 Å². The van der Waals surface area contributed by atoms with Crippen molar-refractivity contribution < 1.29 is 0 Å². The highest BCUT2D eigenvalue weighted by atomic mass is 32.2. The van der Waals surface area contributed by atoms with Gasteiger partial charge in [0.25, 0.3) is 0 Å². The van der Waals surface area contributed by atoms with Gasteiger partial charge in [0, 0.05) is 25.4 Å². The minimum atomic E-state index is 0.484. The summed E-state index contributed by atoms with van der Waals surface area (Å²) in [6.45, 7) is 7.61. The van der Waals surface area contributed by atoms with Gasteiger partial charge in [-0.25, -0.2) is 0 Å². The summed E-state index contributed by atoms with van der Waals surface area (Å²) in [7, 11) is 1.95. The van der Waals surface area contributed by atoms with Crippen molar-refractivity contribution in [2.24, 2.45) is 7.05 Å². The molecule has 0 saturated heterocycles. The highest BCUT2D eigenvalue weighted by Gasteiger charge is 2.07. The molecule has 4 nitrogen and oxygen atoms in total. The van der Waals surface area contributed by atoms with Crippen LogP contribution in [-0.4, -0.2) is 33.1 Å². The topological polar surface area (TPSA) is 42.7 Å². The van der Waals surface area contributed by atoms with Crippen LogP contribution in [0.25, 0.3) is 0 Å². The predicted octanol–water partition coefficient (Wildman–Crippen LogP) is 1.07. The van der Waals surface area contributed by atoms with E-state index in [1.807, 2.05) is 17.7 Å². The largest absolute Gasteiger partial charge is 0.312 e. The second-order valence-corrected chi connectivity index (χ2v) is 4.51. The molecule has 0 aromatic carbocycles. The van der Waals surface area contributed by atoms with E-state index in [9.17, 15) is 0 Å². The van der Waals surface area contributed by atoms with Gasteiger partial charge in [0.05, 0.1) is 0 Å². The van der Waals surface area contributed by atoms with Crippen molar-refractivity contribution in [3.8, 4) is 0 Å². The lowest BCUT2D eigenvalue weighted by atomic mass is 10.4. The third-order valence-corrected chi connectivity index (χ3v) is 2.85. The van der Waals surface area contributed by atoms with Crippen LogP contribution in [0.2, 0.25) is 0 Å². The van der Waals surface area contributed by atoms with Crippen molar-refractivity contribution in [1.29, 1.82) is 0 Å². The van der Waals surface area contributed by atoms with Gasteiger partial charge in [-0.3, -0.25) is 0 Å². The van der Waals surface area contributed by atoms with Crippen molar-refractivity contribution in [2.75, 3.05) is 13.1 Å². The van der Waals surface area contributed by atoms with E-state index < -0.39 is 0 Å². The maximum absolute atomic E-state index is 4.01. The number of hydrogen-bond donors (Lipinski definition) is 1. The molecule has 5 heteroatoms. The quantitative estimate of drug-likeness (QED) is 0.435. The normalized spacial score (nSPS) is 12.7. The Hall–Kier alpha value is -0.810. The Morgan fingerprint density at radius 3 is 3.14 bits per heavy atom. The number of nitrogens with zero attached hydrogens (tertiary/aromatic N) is 3. The second-order valence-electron chi connectivity index (χ2n) is 3.10. The zero-order valence-corrected chi connectivity index (χ0v) is 9.42. The van der Waals surface area contributed by atoms with Crippen molar-refractivity contribution in [3.63, 3.8) is 0 Å². The van der Waals surface area contributed by atoms with Crippen molar-refractivity contribution in [2.45, 2.75) is 17.3 Å². The highest BCUT2D eigenvalue weighted by molar-refractivity contribution is 7.99. The van der Waals surface area contributed by atoms with Gasteiger partial charge in [-0.2, -0.15) is 0 Å². The van der Waals surface area contributed by atoms with Crippen LogP contribution in [0.4, 0.5) is 0 Å². The second kappa shape index (κ2) is 5.82.